The molecule has 1 rings (SSSR count). The Morgan fingerprint density at radius 2 is 2.16 bits per heavy atom. The monoisotopic (exact) mass is 265 g/mol. The summed E-state index contributed by atoms with van der Waals surface area (Å²) in [5.74, 6) is 0.248. The number of nitro groups is 1. The van der Waals surface area contributed by atoms with Gasteiger partial charge in [0.15, 0.2) is 0 Å². The fourth-order valence-corrected chi connectivity index (χ4v) is 2.34. The number of hydrogen-bond donors (Lipinski definition) is 1. The molecule has 0 saturated carbocycles. The lowest BCUT2D eigenvalue weighted by Crippen LogP contribution is -2.34. The van der Waals surface area contributed by atoms with Gasteiger partial charge < -0.3 is 5.32 Å². The van der Waals surface area contributed by atoms with E-state index in [4.69, 9.17) is 0 Å². The number of pyridine rings is 1. The Hall–Kier alpha value is -1.49. The van der Waals surface area contributed by atoms with Gasteiger partial charge in [-0.2, -0.15) is 0 Å². The van der Waals surface area contributed by atoms with Crippen LogP contribution in [0.25, 0.3) is 0 Å². The number of nitrogens with zero attached hydrogens (tertiary/aromatic N) is 2. The predicted octanol–water partition coefficient (Wildman–Crippen LogP) is 3.18. The molecule has 2 unspecified atom stereocenters. The van der Waals surface area contributed by atoms with E-state index in [-0.39, 0.29) is 11.6 Å². The van der Waals surface area contributed by atoms with E-state index in [9.17, 15) is 10.1 Å². The molecular formula is C14H23N3O2. The van der Waals surface area contributed by atoms with Crippen molar-refractivity contribution in [3.8, 4) is 0 Å². The van der Waals surface area contributed by atoms with Crippen LogP contribution in [-0.2, 0) is 0 Å². The molecule has 0 radical (unpaired) electrons. The van der Waals surface area contributed by atoms with Gasteiger partial charge in [-0.05, 0) is 31.9 Å². The molecule has 0 bridgehead atoms. The Bertz CT molecular complexity index is 435. The molecule has 2 atom stereocenters. The van der Waals surface area contributed by atoms with Crippen LogP contribution in [0.3, 0.4) is 0 Å². The van der Waals surface area contributed by atoms with Gasteiger partial charge in [-0.3, -0.25) is 15.1 Å². The number of aryl methyl sites for hydroxylation is 1. The van der Waals surface area contributed by atoms with E-state index in [0.29, 0.717) is 6.04 Å². The molecule has 106 valence electrons. The molecule has 0 aliphatic rings. The molecule has 0 aliphatic carbocycles. The highest BCUT2D eigenvalue weighted by Gasteiger charge is 2.21. The Balaban J connectivity index is 2.91. The summed E-state index contributed by atoms with van der Waals surface area (Å²) < 4.78 is 0. The second kappa shape index (κ2) is 7.19. The van der Waals surface area contributed by atoms with E-state index in [2.05, 4.69) is 31.1 Å². The Morgan fingerprint density at radius 1 is 1.47 bits per heavy atom. The van der Waals surface area contributed by atoms with E-state index in [1.165, 1.54) is 6.20 Å². The topological polar surface area (TPSA) is 68.1 Å². The summed E-state index contributed by atoms with van der Waals surface area (Å²) in [4.78, 5) is 14.6. The number of hydrogen-bond acceptors (Lipinski definition) is 4. The SMILES string of the molecule is CCCNC(CC)C(C)c1ncc([N+](=O)[O-])cc1C. The summed E-state index contributed by atoms with van der Waals surface area (Å²) in [6.45, 7) is 9.27. The van der Waals surface area contributed by atoms with Gasteiger partial charge in [-0.15, -0.1) is 0 Å². The van der Waals surface area contributed by atoms with Gasteiger partial charge in [0.25, 0.3) is 5.69 Å². The van der Waals surface area contributed by atoms with Crippen LogP contribution >= 0.6 is 0 Å². The first-order valence-corrected chi connectivity index (χ1v) is 6.85. The molecule has 1 aromatic rings. The maximum atomic E-state index is 10.7. The molecule has 1 aromatic heterocycles. The quantitative estimate of drug-likeness (QED) is 0.607. The second-order valence-corrected chi connectivity index (χ2v) is 4.91. The zero-order chi connectivity index (χ0) is 14.4. The lowest BCUT2D eigenvalue weighted by atomic mass is 9.92. The smallest absolute Gasteiger partial charge is 0.287 e. The first-order chi connectivity index (χ1) is 9.01. The van der Waals surface area contributed by atoms with Crippen molar-refractivity contribution in [3.05, 3.63) is 33.6 Å². The van der Waals surface area contributed by atoms with E-state index >= 15 is 0 Å². The number of aromatic nitrogens is 1. The summed E-state index contributed by atoms with van der Waals surface area (Å²) in [5.41, 5.74) is 1.89. The summed E-state index contributed by atoms with van der Waals surface area (Å²) >= 11 is 0. The van der Waals surface area contributed by atoms with Crippen LogP contribution in [0.4, 0.5) is 5.69 Å². The summed E-state index contributed by atoms with van der Waals surface area (Å²) in [5, 5.41) is 14.2. The first-order valence-electron chi connectivity index (χ1n) is 6.85. The zero-order valence-electron chi connectivity index (χ0n) is 12.1. The van der Waals surface area contributed by atoms with E-state index in [1.807, 2.05) is 6.92 Å². The van der Waals surface area contributed by atoms with Gasteiger partial charge in [0.2, 0.25) is 0 Å². The van der Waals surface area contributed by atoms with Crippen molar-refractivity contribution in [2.45, 2.75) is 52.5 Å². The van der Waals surface area contributed by atoms with Gasteiger partial charge in [-0.1, -0.05) is 20.8 Å². The van der Waals surface area contributed by atoms with Crippen LogP contribution in [0, 0.1) is 17.0 Å². The third kappa shape index (κ3) is 3.99. The van der Waals surface area contributed by atoms with Gasteiger partial charge in [0.1, 0.15) is 6.20 Å². The molecule has 5 heteroatoms. The molecule has 1 heterocycles. The minimum Gasteiger partial charge on any atom is -0.313 e. The van der Waals surface area contributed by atoms with E-state index < -0.39 is 4.92 Å². The third-order valence-electron chi connectivity index (χ3n) is 3.45. The fraction of sp³-hybridized carbons (Fsp3) is 0.643. The zero-order valence-corrected chi connectivity index (χ0v) is 12.1. The fourth-order valence-electron chi connectivity index (χ4n) is 2.34. The van der Waals surface area contributed by atoms with E-state index in [1.54, 1.807) is 6.07 Å². The maximum Gasteiger partial charge on any atom is 0.287 e. The van der Waals surface area contributed by atoms with Crippen molar-refractivity contribution < 1.29 is 4.92 Å². The van der Waals surface area contributed by atoms with Crippen molar-refractivity contribution in [2.24, 2.45) is 0 Å². The van der Waals surface area contributed by atoms with Crippen LogP contribution in [0.1, 0.15) is 50.8 Å². The lowest BCUT2D eigenvalue weighted by molar-refractivity contribution is -0.385. The second-order valence-electron chi connectivity index (χ2n) is 4.91. The summed E-state index contributed by atoms with van der Waals surface area (Å²) in [6.07, 6.45) is 3.46. The van der Waals surface area contributed by atoms with Crippen LogP contribution in [0.15, 0.2) is 12.3 Å². The molecule has 0 aromatic carbocycles. The Kier molecular flexibility index (Phi) is 5.89. The third-order valence-corrected chi connectivity index (χ3v) is 3.45. The molecule has 0 saturated heterocycles. The molecule has 0 spiro atoms. The number of nitrogens with one attached hydrogen (secondary N) is 1. The summed E-state index contributed by atoms with van der Waals surface area (Å²) in [7, 11) is 0. The number of rotatable bonds is 7. The van der Waals surface area contributed by atoms with Crippen molar-refractivity contribution in [2.75, 3.05) is 6.54 Å². The normalized spacial score (nSPS) is 14.1. The van der Waals surface area contributed by atoms with Crippen LogP contribution in [-0.4, -0.2) is 22.5 Å². The highest BCUT2D eigenvalue weighted by atomic mass is 16.6. The van der Waals surface area contributed by atoms with Crippen LogP contribution in [0.5, 0.6) is 0 Å². The van der Waals surface area contributed by atoms with Crippen molar-refractivity contribution in [3.63, 3.8) is 0 Å². The maximum absolute atomic E-state index is 10.7. The molecule has 5 nitrogen and oxygen atoms in total. The Labute approximate surface area is 114 Å². The van der Waals surface area contributed by atoms with Crippen molar-refractivity contribution in [1.29, 1.82) is 0 Å². The minimum atomic E-state index is -0.402. The highest BCUT2D eigenvalue weighted by molar-refractivity contribution is 5.35. The molecule has 0 aliphatic heterocycles. The minimum absolute atomic E-state index is 0.0583. The summed E-state index contributed by atoms with van der Waals surface area (Å²) in [6, 6.07) is 1.96. The molecule has 0 amide bonds. The molecular weight excluding hydrogens is 242 g/mol. The molecule has 19 heavy (non-hydrogen) atoms. The average molecular weight is 265 g/mol. The molecule has 1 N–H and O–H groups in total. The van der Waals surface area contributed by atoms with Gasteiger partial charge in [0.05, 0.1) is 4.92 Å². The van der Waals surface area contributed by atoms with Crippen molar-refractivity contribution >= 4 is 5.69 Å². The average Bonchev–Trinajstić information content (AvgIpc) is 2.39. The van der Waals surface area contributed by atoms with Crippen LogP contribution in [0.2, 0.25) is 0 Å². The Morgan fingerprint density at radius 3 is 2.63 bits per heavy atom. The van der Waals surface area contributed by atoms with Crippen molar-refractivity contribution in [1.82, 2.24) is 10.3 Å². The van der Waals surface area contributed by atoms with Gasteiger partial charge >= 0.3 is 0 Å². The first kappa shape index (κ1) is 15.6. The predicted molar refractivity (Wildman–Crippen MR) is 76.4 cm³/mol. The lowest BCUT2D eigenvalue weighted by Gasteiger charge is -2.24. The largest absolute Gasteiger partial charge is 0.313 e. The van der Waals surface area contributed by atoms with Gasteiger partial charge in [-0.25, -0.2) is 0 Å². The molecule has 0 fully saturated rings. The standard InChI is InChI=1S/C14H23N3O2/c1-5-7-15-13(6-2)11(4)14-10(3)8-12(9-16-14)17(18)19/h8-9,11,13,15H,5-7H2,1-4H3. The van der Waals surface area contributed by atoms with Gasteiger partial charge in [0, 0.05) is 23.7 Å². The highest BCUT2D eigenvalue weighted by Crippen LogP contribution is 2.24. The van der Waals surface area contributed by atoms with Crippen LogP contribution < -0.4 is 5.32 Å². The van der Waals surface area contributed by atoms with E-state index in [0.717, 1.165) is 30.6 Å².